The van der Waals surface area contributed by atoms with E-state index in [-0.39, 0.29) is 5.91 Å². The van der Waals surface area contributed by atoms with Crippen molar-refractivity contribution in [2.75, 3.05) is 47.0 Å². The van der Waals surface area contributed by atoms with E-state index >= 15 is 0 Å². The van der Waals surface area contributed by atoms with E-state index in [0.717, 1.165) is 44.9 Å². The van der Waals surface area contributed by atoms with Crippen molar-refractivity contribution in [3.63, 3.8) is 0 Å². The molecule has 1 amide bonds. The van der Waals surface area contributed by atoms with Crippen molar-refractivity contribution in [1.82, 2.24) is 9.80 Å². The van der Waals surface area contributed by atoms with Crippen LogP contribution in [0, 0.1) is 0 Å². The van der Waals surface area contributed by atoms with Crippen molar-refractivity contribution in [1.29, 1.82) is 0 Å². The molecule has 0 spiro atoms. The molecule has 0 aromatic heterocycles. The Bertz CT molecular complexity index is 779. The molecule has 1 aliphatic rings. The molecule has 2 aromatic rings. The van der Waals surface area contributed by atoms with Gasteiger partial charge in [-0.25, -0.2) is 0 Å². The molecule has 0 atom stereocenters. The molecule has 1 aliphatic heterocycles. The van der Waals surface area contributed by atoms with Crippen molar-refractivity contribution < 1.29 is 19.0 Å². The van der Waals surface area contributed by atoms with Crippen molar-refractivity contribution in [2.45, 2.75) is 19.4 Å². The number of ether oxygens (including phenoxy) is 3. The largest absolute Gasteiger partial charge is 0.497 e. The summed E-state index contributed by atoms with van der Waals surface area (Å²) in [6, 6.07) is 15.7. The number of para-hydroxylation sites is 2. The highest BCUT2D eigenvalue weighted by Gasteiger charge is 2.19. The van der Waals surface area contributed by atoms with Gasteiger partial charge in [0, 0.05) is 32.7 Å². The summed E-state index contributed by atoms with van der Waals surface area (Å²) in [6.45, 7) is 4.67. The Kier molecular flexibility index (Phi) is 7.76. The van der Waals surface area contributed by atoms with Gasteiger partial charge in [-0.1, -0.05) is 24.3 Å². The summed E-state index contributed by atoms with van der Waals surface area (Å²) in [5.41, 5.74) is 1.26. The molecule has 0 aliphatic carbocycles. The highest BCUT2D eigenvalue weighted by molar-refractivity contribution is 5.76. The quantitative estimate of drug-likeness (QED) is 0.684. The summed E-state index contributed by atoms with van der Waals surface area (Å²) in [6.07, 6.45) is 1.35. The van der Waals surface area contributed by atoms with Crippen LogP contribution in [0.3, 0.4) is 0 Å². The van der Waals surface area contributed by atoms with Gasteiger partial charge in [0.15, 0.2) is 11.5 Å². The Morgan fingerprint density at radius 1 is 0.897 bits per heavy atom. The summed E-state index contributed by atoms with van der Waals surface area (Å²) in [4.78, 5) is 17.0. The van der Waals surface area contributed by atoms with Crippen molar-refractivity contribution in [3.05, 3.63) is 54.1 Å². The molecule has 0 unspecified atom stereocenters. The van der Waals surface area contributed by atoms with Gasteiger partial charge in [-0.3, -0.25) is 9.69 Å². The van der Waals surface area contributed by atoms with Crippen LogP contribution in [0.1, 0.15) is 18.4 Å². The Hall–Kier alpha value is -2.73. The number of rotatable bonds is 8. The van der Waals surface area contributed by atoms with Crippen molar-refractivity contribution in [3.8, 4) is 17.2 Å². The molecule has 1 fully saturated rings. The van der Waals surface area contributed by atoms with Crippen LogP contribution in [-0.4, -0.2) is 62.7 Å². The molecule has 0 radical (unpaired) electrons. The second-order valence-electron chi connectivity index (χ2n) is 7.11. The third-order valence-electron chi connectivity index (χ3n) is 5.15. The van der Waals surface area contributed by atoms with E-state index in [9.17, 15) is 4.79 Å². The van der Waals surface area contributed by atoms with E-state index in [1.165, 1.54) is 5.56 Å². The second-order valence-corrected chi connectivity index (χ2v) is 7.11. The normalized spacial score (nSPS) is 14.9. The molecule has 6 nitrogen and oxygen atoms in total. The van der Waals surface area contributed by atoms with E-state index in [0.29, 0.717) is 24.5 Å². The average molecular weight is 399 g/mol. The van der Waals surface area contributed by atoms with E-state index < -0.39 is 0 Å². The first-order valence-electron chi connectivity index (χ1n) is 10.1. The minimum atomic E-state index is 0.145. The first-order valence-corrected chi connectivity index (χ1v) is 10.1. The molecule has 156 valence electrons. The monoisotopic (exact) mass is 398 g/mol. The Morgan fingerprint density at radius 3 is 2.38 bits per heavy atom. The SMILES string of the molecule is COc1ccc(CN2CCCN(C(=O)CCOc3ccccc3OC)CC2)cc1. The summed E-state index contributed by atoms with van der Waals surface area (Å²) >= 11 is 0. The van der Waals surface area contributed by atoms with Gasteiger partial charge in [0.2, 0.25) is 5.91 Å². The van der Waals surface area contributed by atoms with Crippen LogP contribution in [-0.2, 0) is 11.3 Å². The number of methoxy groups -OCH3 is 2. The average Bonchev–Trinajstić information content (AvgIpc) is 3.00. The molecule has 2 aromatic carbocycles. The van der Waals surface area contributed by atoms with Gasteiger partial charge in [-0.05, 0) is 36.2 Å². The number of carbonyl (C=O) groups excluding carboxylic acids is 1. The fourth-order valence-corrected chi connectivity index (χ4v) is 3.51. The van der Waals surface area contributed by atoms with Gasteiger partial charge in [0.25, 0.3) is 0 Å². The number of benzene rings is 2. The van der Waals surface area contributed by atoms with E-state index in [1.807, 2.05) is 41.3 Å². The Morgan fingerprint density at radius 2 is 1.66 bits per heavy atom. The van der Waals surface area contributed by atoms with Crippen LogP contribution in [0.2, 0.25) is 0 Å². The minimum absolute atomic E-state index is 0.145. The van der Waals surface area contributed by atoms with Gasteiger partial charge in [0.1, 0.15) is 5.75 Å². The third-order valence-corrected chi connectivity index (χ3v) is 5.15. The first kappa shape index (κ1) is 21.0. The number of carbonyl (C=O) groups is 1. The fraction of sp³-hybridized carbons (Fsp3) is 0.435. The predicted molar refractivity (Wildman–Crippen MR) is 113 cm³/mol. The molecule has 3 rings (SSSR count). The van der Waals surface area contributed by atoms with E-state index in [1.54, 1.807) is 14.2 Å². The lowest BCUT2D eigenvalue weighted by atomic mass is 10.2. The van der Waals surface area contributed by atoms with Gasteiger partial charge in [0.05, 0.1) is 27.2 Å². The fourth-order valence-electron chi connectivity index (χ4n) is 3.51. The van der Waals surface area contributed by atoms with E-state index in [2.05, 4.69) is 17.0 Å². The van der Waals surface area contributed by atoms with Crippen LogP contribution in [0.4, 0.5) is 0 Å². The molecule has 29 heavy (non-hydrogen) atoms. The van der Waals surface area contributed by atoms with Crippen LogP contribution >= 0.6 is 0 Å². The smallest absolute Gasteiger partial charge is 0.226 e. The van der Waals surface area contributed by atoms with E-state index in [4.69, 9.17) is 14.2 Å². The topological polar surface area (TPSA) is 51.2 Å². The first-order chi connectivity index (χ1) is 14.2. The van der Waals surface area contributed by atoms with Crippen molar-refractivity contribution >= 4 is 5.91 Å². The molecular formula is C23H30N2O4. The third kappa shape index (κ3) is 6.12. The van der Waals surface area contributed by atoms with Crippen LogP contribution in [0.25, 0.3) is 0 Å². The second kappa shape index (κ2) is 10.7. The Labute approximate surface area is 173 Å². The highest BCUT2D eigenvalue weighted by Crippen LogP contribution is 2.25. The number of amides is 1. The van der Waals surface area contributed by atoms with Crippen LogP contribution in [0.15, 0.2) is 48.5 Å². The minimum Gasteiger partial charge on any atom is -0.497 e. The zero-order chi connectivity index (χ0) is 20.5. The molecular weight excluding hydrogens is 368 g/mol. The summed E-state index contributed by atoms with van der Waals surface area (Å²) in [5, 5.41) is 0. The summed E-state index contributed by atoms with van der Waals surface area (Å²) in [7, 11) is 3.29. The lowest BCUT2D eigenvalue weighted by molar-refractivity contribution is -0.131. The standard InChI is InChI=1S/C23H30N2O4/c1-27-20-10-8-19(9-11-20)18-24-13-5-14-25(16-15-24)23(26)12-17-29-22-7-4-3-6-21(22)28-2/h3-4,6-11H,5,12-18H2,1-2H3. The van der Waals surface area contributed by atoms with Gasteiger partial charge in [-0.15, -0.1) is 0 Å². The molecule has 1 heterocycles. The lowest BCUT2D eigenvalue weighted by Crippen LogP contribution is -2.35. The van der Waals surface area contributed by atoms with Gasteiger partial charge >= 0.3 is 0 Å². The number of nitrogens with zero attached hydrogens (tertiary/aromatic N) is 2. The lowest BCUT2D eigenvalue weighted by Gasteiger charge is -2.22. The molecule has 0 saturated carbocycles. The van der Waals surface area contributed by atoms with Gasteiger partial charge in [-0.2, -0.15) is 0 Å². The molecule has 1 saturated heterocycles. The van der Waals surface area contributed by atoms with Crippen molar-refractivity contribution in [2.24, 2.45) is 0 Å². The molecule has 0 N–H and O–H groups in total. The maximum absolute atomic E-state index is 12.6. The molecule has 6 heteroatoms. The number of hydrogen-bond acceptors (Lipinski definition) is 5. The zero-order valence-electron chi connectivity index (χ0n) is 17.3. The molecule has 0 bridgehead atoms. The maximum atomic E-state index is 12.6. The summed E-state index contributed by atoms with van der Waals surface area (Å²) < 4.78 is 16.2. The van der Waals surface area contributed by atoms with Gasteiger partial charge < -0.3 is 19.1 Å². The highest BCUT2D eigenvalue weighted by atomic mass is 16.5. The predicted octanol–water partition coefficient (Wildman–Crippen LogP) is 3.21. The van der Waals surface area contributed by atoms with Crippen LogP contribution < -0.4 is 14.2 Å². The summed E-state index contributed by atoms with van der Waals surface area (Å²) in [5.74, 6) is 2.37. The zero-order valence-corrected chi connectivity index (χ0v) is 17.3. The van der Waals surface area contributed by atoms with Crippen LogP contribution in [0.5, 0.6) is 17.2 Å². The number of hydrogen-bond donors (Lipinski definition) is 0. The Balaban J connectivity index is 1.44. The maximum Gasteiger partial charge on any atom is 0.226 e.